The summed E-state index contributed by atoms with van der Waals surface area (Å²) < 4.78 is 7.01. The summed E-state index contributed by atoms with van der Waals surface area (Å²) in [6.07, 6.45) is 4.71. The molecule has 2 heterocycles. The highest BCUT2D eigenvalue weighted by Crippen LogP contribution is 2.35. The molecule has 106 valence electrons. The topological polar surface area (TPSA) is 91.7 Å². The molecule has 1 fully saturated rings. The van der Waals surface area contributed by atoms with Gasteiger partial charge in [0.2, 0.25) is 11.0 Å². The molecule has 0 amide bonds. The van der Waals surface area contributed by atoms with E-state index in [0.29, 0.717) is 22.6 Å². The van der Waals surface area contributed by atoms with Gasteiger partial charge in [0.25, 0.3) is 0 Å². The van der Waals surface area contributed by atoms with E-state index in [9.17, 15) is 0 Å². The summed E-state index contributed by atoms with van der Waals surface area (Å²) in [5.74, 6) is 0.529. The molecule has 0 aliphatic heterocycles. The van der Waals surface area contributed by atoms with E-state index < -0.39 is 0 Å². The molecule has 1 aliphatic rings. The Morgan fingerprint density at radius 2 is 2.15 bits per heavy atom. The molecule has 7 nitrogen and oxygen atoms in total. The number of tetrazole rings is 1. The van der Waals surface area contributed by atoms with Gasteiger partial charge in [0.05, 0.1) is 18.8 Å². The molecular weight excluding hydrogens is 276 g/mol. The van der Waals surface area contributed by atoms with Crippen molar-refractivity contribution in [2.45, 2.75) is 41.9 Å². The number of pyridine rings is 1. The average molecular weight is 292 g/mol. The van der Waals surface area contributed by atoms with Gasteiger partial charge in [0.15, 0.2) is 0 Å². The third-order valence-electron chi connectivity index (χ3n) is 3.39. The van der Waals surface area contributed by atoms with E-state index in [2.05, 4.69) is 20.5 Å². The predicted octanol–water partition coefficient (Wildman–Crippen LogP) is 1.93. The van der Waals surface area contributed by atoms with Crippen molar-refractivity contribution in [3.63, 3.8) is 0 Å². The van der Waals surface area contributed by atoms with Crippen molar-refractivity contribution in [2.75, 3.05) is 12.8 Å². The minimum absolute atomic E-state index is 0.388. The molecule has 2 aromatic rings. The third-order valence-corrected chi connectivity index (χ3v) is 4.37. The van der Waals surface area contributed by atoms with Crippen LogP contribution in [0.1, 0.15) is 31.7 Å². The normalized spacial score (nSPS) is 15.7. The number of hydrogen-bond donors (Lipinski definition) is 1. The molecule has 3 rings (SSSR count). The van der Waals surface area contributed by atoms with Gasteiger partial charge in [-0.3, -0.25) is 0 Å². The lowest BCUT2D eigenvalue weighted by atomic mass is 10.3. The first-order valence-electron chi connectivity index (χ1n) is 6.54. The molecule has 2 aromatic heterocycles. The van der Waals surface area contributed by atoms with Crippen LogP contribution in [0.2, 0.25) is 0 Å². The number of rotatable bonds is 4. The Labute approximate surface area is 120 Å². The molecule has 0 radical (unpaired) electrons. The molecule has 0 saturated heterocycles. The maximum absolute atomic E-state index is 5.95. The lowest BCUT2D eigenvalue weighted by Crippen LogP contribution is -2.08. The lowest BCUT2D eigenvalue weighted by molar-refractivity contribution is 0.394. The highest BCUT2D eigenvalue weighted by Gasteiger charge is 2.22. The minimum Gasteiger partial charge on any atom is -0.481 e. The van der Waals surface area contributed by atoms with Gasteiger partial charge in [-0.05, 0) is 41.1 Å². The second-order valence-corrected chi connectivity index (χ2v) is 5.65. The molecule has 0 bridgehead atoms. The summed E-state index contributed by atoms with van der Waals surface area (Å²) in [4.78, 5) is 4.34. The van der Waals surface area contributed by atoms with Gasteiger partial charge in [0.1, 0.15) is 5.03 Å². The number of nitrogens with two attached hydrogens (primary N) is 1. The molecule has 20 heavy (non-hydrogen) atoms. The Morgan fingerprint density at radius 3 is 2.90 bits per heavy atom. The van der Waals surface area contributed by atoms with Crippen LogP contribution in [0.25, 0.3) is 0 Å². The molecule has 8 heteroatoms. The van der Waals surface area contributed by atoms with Gasteiger partial charge in [-0.2, -0.15) is 0 Å². The highest BCUT2D eigenvalue weighted by atomic mass is 32.2. The van der Waals surface area contributed by atoms with Crippen LogP contribution >= 0.6 is 11.8 Å². The summed E-state index contributed by atoms with van der Waals surface area (Å²) >= 11 is 1.37. The smallest absolute Gasteiger partial charge is 0.215 e. The van der Waals surface area contributed by atoms with E-state index in [1.807, 2.05) is 4.68 Å². The lowest BCUT2D eigenvalue weighted by Gasteiger charge is -2.11. The number of aromatic nitrogens is 5. The molecular formula is C12H16N6OS. The van der Waals surface area contributed by atoms with Crippen LogP contribution in [-0.4, -0.2) is 32.3 Å². The maximum Gasteiger partial charge on any atom is 0.215 e. The quantitative estimate of drug-likeness (QED) is 0.920. The first-order chi connectivity index (χ1) is 9.78. The number of nitrogens with zero attached hydrogens (tertiary/aromatic N) is 5. The fourth-order valence-electron chi connectivity index (χ4n) is 2.35. The Hall–Kier alpha value is -1.83. The average Bonchev–Trinajstić information content (AvgIpc) is 3.11. The predicted molar refractivity (Wildman–Crippen MR) is 74.6 cm³/mol. The van der Waals surface area contributed by atoms with E-state index in [-0.39, 0.29) is 0 Å². The maximum atomic E-state index is 5.95. The largest absolute Gasteiger partial charge is 0.481 e. The van der Waals surface area contributed by atoms with Gasteiger partial charge in [-0.15, -0.1) is 5.10 Å². The zero-order chi connectivity index (χ0) is 13.9. The minimum atomic E-state index is 0.388. The van der Waals surface area contributed by atoms with Gasteiger partial charge in [-0.1, -0.05) is 12.8 Å². The van der Waals surface area contributed by atoms with Crippen molar-refractivity contribution >= 4 is 17.4 Å². The number of hydrogen-bond acceptors (Lipinski definition) is 7. The van der Waals surface area contributed by atoms with Crippen molar-refractivity contribution in [1.82, 2.24) is 25.2 Å². The third kappa shape index (κ3) is 2.55. The van der Waals surface area contributed by atoms with Crippen LogP contribution in [0.15, 0.2) is 22.3 Å². The summed E-state index contributed by atoms with van der Waals surface area (Å²) in [5, 5.41) is 13.4. The molecule has 2 N–H and O–H groups in total. The van der Waals surface area contributed by atoms with Crippen LogP contribution in [0.4, 0.5) is 5.69 Å². The molecule has 0 spiro atoms. The van der Waals surface area contributed by atoms with Gasteiger partial charge >= 0.3 is 0 Å². The summed E-state index contributed by atoms with van der Waals surface area (Å²) in [6.45, 7) is 0. The summed E-state index contributed by atoms with van der Waals surface area (Å²) in [6, 6.07) is 3.90. The number of methoxy groups -OCH3 is 1. The number of ether oxygens (including phenoxy) is 1. The van der Waals surface area contributed by atoms with Crippen LogP contribution in [0, 0.1) is 0 Å². The molecule has 0 unspecified atom stereocenters. The molecule has 0 aromatic carbocycles. The first kappa shape index (κ1) is 13.2. The van der Waals surface area contributed by atoms with E-state index >= 15 is 0 Å². The second kappa shape index (κ2) is 5.66. The Balaban J connectivity index is 1.86. The van der Waals surface area contributed by atoms with Crippen LogP contribution in [0.5, 0.6) is 5.88 Å². The van der Waals surface area contributed by atoms with Crippen molar-refractivity contribution in [1.29, 1.82) is 0 Å². The Kier molecular flexibility index (Phi) is 3.72. The Morgan fingerprint density at radius 1 is 1.35 bits per heavy atom. The molecule has 1 saturated carbocycles. The number of anilines is 1. The van der Waals surface area contributed by atoms with Crippen LogP contribution < -0.4 is 10.5 Å². The Bertz CT molecular complexity index is 595. The van der Waals surface area contributed by atoms with Crippen LogP contribution in [0.3, 0.4) is 0 Å². The fourth-order valence-corrected chi connectivity index (χ4v) is 3.20. The summed E-state index contributed by atoms with van der Waals surface area (Å²) in [5.41, 5.74) is 6.54. The van der Waals surface area contributed by atoms with Crippen molar-refractivity contribution in [3.8, 4) is 5.88 Å². The van der Waals surface area contributed by atoms with E-state index in [0.717, 1.165) is 18.0 Å². The van der Waals surface area contributed by atoms with Gasteiger partial charge < -0.3 is 10.5 Å². The van der Waals surface area contributed by atoms with Gasteiger partial charge in [-0.25, -0.2) is 9.67 Å². The standard InChI is InChI=1S/C12H16N6OS/c1-19-10-7-6-9(13)11(14-10)20-12-15-16-17-18(12)8-4-2-3-5-8/h6-8H,2-5,13H2,1H3. The van der Waals surface area contributed by atoms with Gasteiger partial charge in [0, 0.05) is 6.07 Å². The first-order valence-corrected chi connectivity index (χ1v) is 7.36. The highest BCUT2D eigenvalue weighted by molar-refractivity contribution is 7.99. The second-order valence-electron chi connectivity index (χ2n) is 4.69. The fraction of sp³-hybridized carbons (Fsp3) is 0.500. The molecule has 0 atom stereocenters. The zero-order valence-corrected chi connectivity index (χ0v) is 12.0. The zero-order valence-electron chi connectivity index (χ0n) is 11.2. The van der Waals surface area contributed by atoms with Crippen molar-refractivity contribution in [3.05, 3.63) is 12.1 Å². The summed E-state index contributed by atoms with van der Waals surface area (Å²) in [7, 11) is 1.58. The van der Waals surface area contributed by atoms with Crippen LogP contribution in [-0.2, 0) is 0 Å². The van der Waals surface area contributed by atoms with E-state index in [1.54, 1.807) is 19.2 Å². The van der Waals surface area contributed by atoms with E-state index in [4.69, 9.17) is 10.5 Å². The monoisotopic (exact) mass is 292 g/mol. The van der Waals surface area contributed by atoms with E-state index in [1.165, 1.54) is 24.6 Å². The molecule has 1 aliphatic carbocycles. The van der Waals surface area contributed by atoms with Crippen molar-refractivity contribution in [2.24, 2.45) is 0 Å². The number of nitrogen functional groups attached to an aromatic ring is 1. The SMILES string of the molecule is COc1ccc(N)c(Sc2nnnn2C2CCCC2)n1. The van der Waals surface area contributed by atoms with Crippen molar-refractivity contribution < 1.29 is 4.74 Å².